The molecule has 0 saturated heterocycles. The molecule has 2 unspecified atom stereocenters. The Kier molecular flexibility index (Phi) is 5.12. The molecule has 1 aromatic carbocycles. The van der Waals surface area contributed by atoms with Crippen LogP contribution < -0.4 is 11.5 Å². The van der Waals surface area contributed by atoms with Gasteiger partial charge in [-0.15, -0.1) is 0 Å². The molecule has 0 bridgehead atoms. The van der Waals surface area contributed by atoms with Crippen LogP contribution in [0.5, 0.6) is 0 Å². The van der Waals surface area contributed by atoms with E-state index in [1.165, 1.54) is 6.07 Å². The van der Waals surface area contributed by atoms with Gasteiger partial charge in [-0.3, -0.25) is 14.9 Å². The molecule has 0 heterocycles. The number of hydrogen-bond donors (Lipinski definition) is 2. The summed E-state index contributed by atoms with van der Waals surface area (Å²) in [5.41, 5.74) is 9.72. The molecule has 0 spiro atoms. The van der Waals surface area contributed by atoms with Crippen molar-refractivity contribution in [2.75, 3.05) is 6.26 Å². The van der Waals surface area contributed by atoms with E-state index in [0.29, 0.717) is 5.56 Å². The van der Waals surface area contributed by atoms with Gasteiger partial charge >= 0.3 is 0 Å². The lowest BCUT2D eigenvalue weighted by molar-refractivity contribution is -0.385. The average Bonchev–Trinajstić information content (AvgIpc) is 2.90. The van der Waals surface area contributed by atoms with Crippen molar-refractivity contribution in [3.05, 3.63) is 33.4 Å². The van der Waals surface area contributed by atoms with E-state index in [1.807, 2.05) is 6.92 Å². The summed E-state index contributed by atoms with van der Waals surface area (Å²) in [7, 11) is -3.71. The molecule has 0 aliphatic heterocycles. The predicted octanol–water partition coefficient (Wildman–Crippen LogP) is 1.32. The first-order valence-electron chi connectivity index (χ1n) is 7.68. The maximum atomic E-state index is 12.2. The van der Waals surface area contributed by atoms with Crippen molar-refractivity contribution < 1.29 is 18.1 Å². The van der Waals surface area contributed by atoms with Gasteiger partial charge < -0.3 is 11.5 Å². The summed E-state index contributed by atoms with van der Waals surface area (Å²) in [4.78, 5) is 26.0. The molecule has 1 aromatic rings. The van der Waals surface area contributed by atoms with E-state index < -0.39 is 37.9 Å². The number of benzene rings is 1. The maximum absolute atomic E-state index is 12.2. The zero-order valence-electron chi connectivity index (χ0n) is 13.9. The second-order valence-corrected chi connectivity index (χ2v) is 8.28. The van der Waals surface area contributed by atoms with Crippen LogP contribution in [0.1, 0.15) is 48.0 Å². The number of guanidine groups is 1. The summed E-state index contributed by atoms with van der Waals surface area (Å²) in [6.07, 6.45) is 3.57. The minimum Gasteiger partial charge on any atom is -0.370 e. The Bertz CT molecular complexity index is 859. The van der Waals surface area contributed by atoms with E-state index in [4.69, 9.17) is 11.5 Å². The number of carbonyl (C=O) groups excluding carboxylic acids is 1. The van der Waals surface area contributed by atoms with Gasteiger partial charge in [-0.2, -0.15) is 4.99 Å². The number of aliphatic imine (C=N–C) groups is 1. The molecular formula is C15H20N4O5S. The highest BCUT2D eigenvalue weighted by atomic mass is 32.2. The van der Waals surface area contributed by atoms with Gasteiger partial charge in [0.25, 0.3) is 11.6 Å². The van der Waals surface area contributed by atoms with E-state index >= 15 is 0 Å². The lowest BCUT2D eigenvalue weighted by Crippen LogP contribution is -2.24. The molecule has 0 radical (unpaired) electrons. The number of hydrogen-bond acceptors (Lipinski definition) is 5. The molecule has 25 heavy (non-hydrogen) atoms. The van der Waals surface area contributed by atoms with E-state index in [9.17, 15) is 23.3 Å². The van der Waals surface area contributed by atoms with Crippen LogP contribution in [0.15, 0.2) is 22.0 Å². The highest BCUT2D eigenvalue weighted by Crippen LogP contribution is 2.43. The third kappa shape index (κ3) is 3.95. The summed E-state index contributed by atoms with van der Waals surface area (Å²) in [6, 6.07) is 2.20. The Morgan fingerprint density at radius 3 is 2.40 bits per heavy atom. The monoisotopic (exact) mass is 368 g/mol. The molecule has 1 aliphatic rings. The zero-order valence-corrected chi connectivity index (χ0v) is 14.7. The van der Waals surface area contributed by atoms with Crippen molar-refractivity contribution in [2.24, 2.45) is 22.4 Å². The summed E-state index contributed by atoms with van der Waals surface area (Å²) in [5, 5.41) is 11.4. The summed E-state index contributed by atoms with van der Waals surface area (Å²) in [6.45, 7) is 1.98. The van der Waals surface area contributed by atoms with Crippen molar-refractivity contribution in [2.45, 2.75) is 37.0 Å². The molecule has 9 nitrogen and oxygen atoms in total. The van der Waals surface area contributed by atoms with Gasteiger partial charge in [0.2, 0.25) is 0 Å². The first-order chi connectivity index (χ1) is 11.5. The Balaban J connectivity index is 2.77. The van der Waals surface area contributed by atoms with E-state index in [-0.39, 0.29) is 16.7 Å². The van der Waals surface area contributed by atoms with Crippen molar-refractivity contribution >= 4 is 27.4 Å². The third-order valence-electron chi connectivity index (χ3n) is 4.45. The summed E-state index contributed by atoms with van der Waals surface area (Å²) >= 11 is 0. The first-order valence-corrected chi connectivity index (χ1v) is 9.58. The fourth-order valence-electron chi connectivity index (χ4n) is 3.30. The van der Waals surface area contributed by atoms with Gasteiger partial charge in [-0.05, 0) is 29.9 Å². The van der Waals surface area contributed by atoms with Crippen LogP contribution >= 0.6 is 0 Å². The van der Waals surface area contributed by atoms with Gasteiger partial charge in [-0.1, -0.05) is 19.8 Å². The Hall–Kier alpha value is -2.49. The van der Waals surface area contributed by atoms with Crippen molar-refractivity contribution in [3.63, 3.8) is 0 Å². The fraction of sp³-hybridized carbons (Fsp3) is 0.467. The molecule has 2 atom stereocenters. The second-order valence-electron chi connectivity index (χ2n) is 6.29. The van der Waals surface area contributed by atoms with Crippen LogP contribution in [0.25, 0.3) is 0 Å². The van der Waals surface area contributed by atoms with Gasteiger partial charge in [0.05, 0.1) is 9.82 Å². The van der Waals surface area contributed by atoms with Crippen LogP contribution in [0.4, 0.5) is 5.69 Å². The number of rotatable bonds is 4. The molecule has 10 heteroatoms. The lowest BCUT2D eigenvalue weighted by atomic mass is 9.89. The number of nitro groups is 1. The standard InChI is InChI=1S/C15H20N4O5S/c1-8-4-3-5-9(8)10-6-12(19(21)22)11(14(20)18-15(16)17)7-13(10)25(2,23)24/h6-9H,3-5H2,1-2H3,(H4,16,17,18,20). The number of amides is 1. The second kappa shape index (κ2) is 6.79. The lowest BCUT2D eigenvalue weighted by Gasteiger charge is -2.19. The topological polar surface area (TPSA) is 159 Å². The van der Waals surface area contributed by atoms with Crippen LogP contribution in [0.3, 0.4) is 0 Å². The quantitative estimate of drug-likeness (QED) is 0.351. The van der Waals surface area contributed by atoms with Gasteiger partial charge in [0.1, 0.15) is 5.56 Å². The Morgan fingerprint density at radius 2 is 1.96 bits per heavy atom. The van der Waals surface area contributed by atoms with Crippen molar-refractivity contribution in [1.29, 1.82) is 0 Å². The number of carbonyl (C=O) groups is 1. The minimum absolute atomic E-state index is 0.0917. The first kappa shape index (κ1) is 18.8. The number of nitrogens with zero attached hydrogens (tertiary/aromatic N) is 2. The van der Waals surface area contributed by atoms with Crippen molar-refractivity contribution in [1.82, 2.24) is 0 Å². The van der Waals surface area contributed by atoms with Crippen LogP contribution in [0.2, 0.25) is 0 Å². The number of nitro benzene ring substituents is 1. The predicted molar refractivity (Wildman–Crippen MR) is 92.1 cm³/mol. The Labute approximate surface area is 145 Å². The molecule has 4 N–H and O–H groups in total. The molecule has 1 aliphatic carbocycles. The van der Waals surface area contributed by atoms with Crippen LogP contribution in [-0.4, -0.2) is 31.5 Å². The molecule has 1 amide bonds. The minimum atomic E-state index is -3.71. The highest BCUT2D eigenvalue weighted by Gasteiger charge is 2.33. The third-order valence-corrected chi connectivity index (χ3v) is 5.60. The molecule has 2 rings (SSSR count). The zero-order chi connectivity index (χ0) is 18.9. The van der Waals surface area contributed by atoms with Crippen LogP contribution in [-0.2, 0) is 9.84 Å². The van der Waals surface area contributed by atoms with Gasteiger partial charge in [0.15, 0.2) is 15.8 Å². The van der Waals surface area contributed by atoms with E-state index in [2.05, 4.69) is 4.99 Å². The molecule has 1 fully saturated rings. The molecular weight excluding hydrogens is 348 g/mol. The maximum Gasteiger partial charge on any atom is 0.287 e. The summed E-state index contributed by atoms with van der Waals surface area (Å²) in [5.74, 6) is -1.54. The SMILES string of the molecule is CC1CCCC1c1cc([N+](=O)[O-])c(C(=O)N=C(N)N)cc1S(C)(=O)=O. The van der Waals surface area contributed by atoms with Gasteiger partial charge in [-0.25, -0.2) is 8.42 Å². The Morgan fingerprint density at radius 1 is 1.32 bits per heavy atom. The highest BCUT2D eigenvalue weighted by molar-refractivity contribution is 7.90. The molecule has 136 valence electrons. The fourth-order valence-corrected chi connectivity index (χ4v) is 4.27. The molecule has 1 saturated carbocycles. The van der Waals surface area contributed by atoms with Crippen LogP contribution in [0, 0.1) is 16.0 Å². The van der Waals surface area contributed by atoms with Crippen molar-refractivity contribution in [3.8, 4) is 0 Å². The molecule has 0 aromatic heterocycles. The number of sulfone groups is 1. The van der Waals surface area contributed by atoms with Gasteiger partial charge in [0, 0.05) is 12.3 Å². The van der Waals surface area contributed by atoms with E-state index in [0.717, 1.165) is 31.6 Å². The normalized spacial score (nSPS) is 20.2. The largest absolute Gasteiger partial charge is 0.370 e. The number of nitrogens with two attached hydrogens (primary N) is 2. The van der Waals surface area contributed by atoms with E-state index in [1.54, 1.807) is 0 Å². The smallest absolute Gasteiger partial charge is 0.287 e. The average molecular weight is 368 g/mol. The summed E-state index contributed by atoms with van der Waals surface area (Å²) < 4.78 is 24.5.